The number of halogens is 2. The first-order chi connectivity index (χ1) is 10.6. The third-order valence-electron chi connectivity index (χ3n) is 4.41. The van der Waals surface area contributed by atoms with E-state index >= 15 is 0 Å². The second-order valence-electron chi connectivity index (χ2n) is 5.60. The largest absolute Gasteiger partial charge is 0.313 e. The Balaban J connectivity index is 2.09. The van der Waals surface area contributed by atoms with Crippen LogP contribution in [0.2, 0.25) is 10.0 Å². The molecule has 0 heterocycles. The molecule has 22 heavy (non-hydrogen) atoms. The van der Waals surface area contributed by atoms with Crippen molar-refractivity contribution >= 4 is 23.2 Å². The van der Waals surface area contributed by atoms with Crippen molar-refractivity contribution in [1.82, 2.24) is 5.32 Å². The molecule has 2 nitrogen and oxygen atoms in total. The number of hydrogen-bond donors (Lipinski definition) is 1. The lowest BCUT2D eigenvalue weighted by Gasteiger charge is -2.32. The Morgan fingerprint density at radius 3 is 2.55 bits per heavy atom. The van der Waals surface area contributed by atoms with E-state index in [0.29, 0.717) is 27.6 Å². The maximum Gasteiger partial charge on any atom is 0.0991 e. The molecule has 112 valence electrons. The molecule has 1 aliphatic carbocycles. The highest BCUT2D eigenvalue weighted by atomic mass is 35.5. The summed E-state index contributed by atoms with van der Waals surface area (Å²) in [6.45, 7) is 0. The van der Waals surface area contributed by atoms with Crippen molar-refractivity contribution in [1.29, 1.82) is 5.26 Å². The molecule has 1 N–H and O–H groups in total. The molecule has 2 aromatic carbocycles. The molecule has 1 unspecified atom stereocenters. The fraction of sp³-hybridized carbons (Fsp3) is 0.278. The van der Waals surface area contributed by atoms with E-state index in [0.717, 1.165) is 12.8 Å². The van der Waals surface area contributed by atoms with Gasteiger partial charge in [0.05, 0.1) is 21.7 Å². The lowest BCUT2D eigenvalue weighted by Crippen LogP contribution is -2.24. The first-order valence-corrected chi connectivity index (χ1v) is 8.05. The molecule has 0 aromatic heterocycles. The van der Waals surface area contributed by atoms with Gasteiger partial charge in [0.1, 0.15) is 0 Å². The van der Waals surface area contributed by atoms with Gasteiger partial charge in [-0.05, 0) is 60.8 Å². The van der Waals surface area contributed by atoms with Crippen LogP contribution in [-0.4, -0.2) is 7.05 Å². The highest BCUT2D eigenvalue weighted by molar-refractivity contribution is 6.42. The van der Waals surface area contributed by atoms with Gasteiger partial charge in [0.2, 0.25) is 0 Å². The summed E-state index contributed by atoms with van der Waals surface area (Å²) in [5.41, 5.74) is 4.36. The molecule has 1 aliphatic rings. The summed E-state index contributed by atoms with van der Waals surface area (Å²) in [4.78, 5) is 0. The second kappa shape index (κ2) is 6.30. The summed E-state index contributed by atoms with van der Waals surface area (Å²) >= 11 is 12.2. The van der Waals surface area contributed by atoms with Gasteiger partial charge in [-0.1, -0.05) is 35.3 Å². The van der Waals surface area contributed by atoms with Crippen molar-refractivity contribution in [2.75, 3.05) is 7.05 Å². The van der Waals surface area contributed by atoms with Crippen molar-refractivity contribution in [3.63, 3.8) is 0 Å². The molecule has 4 heteroatoms. The zero-order valence-corrected chi connectivity index (χ0v) is 13.7. The van der Waals surface area contributed by atoms with E-state index in [1.165, 1.54) is 16.7 Å². The average molecular weight is 331 g/mol. The fourth-order valence-corrected chi connectivity index (χ4v) is 3.59. The van der Waals surface area contributed by atoms with Crippen LogP contribution in [0.15, 0.2) is 36.4 Å². The predicted octanol–water partition coefficient (Wildman–Crippen LogP) is 5.05. The molecule has 0 bridgehead atoms. The predicted molar refractivity (Wildman–Crippen MR) is 90.5 cm³/mol. The van der Waals surface area contributed by atoms with Gasteiger partial charge in [-0.2, -0.15) is 5.26 Å². The summed E-state index contributed by atoms with van der Waals surface area (Å²) < 4.78 is 0. The number of benzene rings is 2. The fourth-order valence-electron chi connectivity index (χ4n) is 3.28. The first-order valence-electron chi connectivity index (χ1n) is 7.30. The third kappa shape index (κ3) is 2.73. The summed E-state index contributed by atoms with van der Waals surface area (Å²) in [6.07, 6.45) is 2.08. The lowest BCUT2D eigenvalue weighted by molar-refractivity contribution is 0.470. The van der Waals surface area contributed by atoms with Crippen LogP contribution in [0.5, 0.6) is 0 Å². The first kappa shape index (κ1) is 15.4. The zero-order chi connectivity index (χ0) is 15.7. The molecule has 2 aromatic rings. The number of nitrogens with zero attached hydrogens (tertiary/aromatic N) is 1. The monoisotopic (exact) mass is 330 g/mol. The minimum Gasteiger partial charge on any atom is -0.313 e. The highest BCUT2D eigenvalue weighted by Gasteiger charge is 2.28. The Bertz CT molecular complexity index is 749. The molecule has 0 saturated carbocycles. The third-order valence-corrected chi connectivity index (χ3v) is 5.14. The van der Waals surface area contributed by atoms with Crippen LogP contribution in [0.4, 0.5) is 0 Å². The molecule has 2 atom stereocenters. The molecule has 0 fully saturated rings. The van der Waals surface area contributed by atoms with Crippen LogP contribution in [0.3, 0.4) is 0 Å². The SMILES string of the molecule is CNC1CC[C@@H](c2ccc(Cl)c(Cl)c2)c2ccc(C#N)cc21. The summed E-state index contributed by atoms with van der Waals surface area (Å²) in [6, 6.07) is 14.3. The van der Waals surface area contributed by atoms with Crippen molar-refractivity contribution in [3.05, 3.63) is 68.7 Å². The number of hydrogen-bond acceptors (Lipinski definition) is 2. The number of nitrogens with one attached hydrogen (secondary N) is 1. The molecule has 0 amide bonds. The topological polar surface area (TPSA) is 35.8 Å². The highest BCUT2D eigenvalue weighted by Crippen LogP contribution is 2.42. The van der Waals surface area contributed by atoms with Crippen LogP contribution < -0.4 is 5.32 Å². The Labute approximate surface area is 140 Å². The second-order valence-corrected chi connectivity index (χ2v) is 6.41. The van der Waals surface area contributed by atoms with Crippen LogP contribution in [0.1, 0.15) is 47.1 Å². The van der Waals surface area contributed by atoms with E-state index < -0.39 is 0 Å². The quantitative estimate of drug-likeness (QED) is 0.836. The van der Waals surface area contributed by atoms with Gasteiger partial charge >= 0.3 is 0 Å². The molecule has 0 saturated heterocycles. The van der Waals surface area contributed by atoms with Crippen LogP contribution in [-0.2, 0) is 0 Å². The van der Waals surface area contributed by atoms with E-state index in [1.54, 1.807) is 0 Å². The van der Waals surface area contributed by atoms with Crippen molar-refractivity contribution in [2.24, 2.45) is 0 Å². The Morgan fingerprint density at radius 2 is 1.86 bits per heavy atom. The summed E-state index contributed by atoms with van der Waals surface area (Å²) in [5, 5.41) is 13.7. The molecular weight excluding hydrogens is 315 g/mol. The van der Waals surface area contributed by atoms with E-state index in [2.05, 4.69) is 17.5 Å². The Hall–Kier alpha value is -1.53. The molecule has 3 rings (SSSR count). The van der Waals surface area contributed by atoms with E-state index in [-0.39, 0.29) is 0 Å². The van der Waals surface area contributed by atoms with Gasteiger partial charge < -0.3 is 5.32 Å². The van der Waals surface area contributed by atoms with E-state index in [9.17, 15) is 0 Å². The maximum absolute atomic E-state index is 9.15. The molecule has 0 radical (unpaired) electrons. The van der Waals surface area contributed by atoms with Gasteiger partial charge in [0.15, 0.2) is 0 Å². The summed E-state index contributed by atoms with van der Waals surface area (Å²) in [7, 11) is 1.97. The standard InChI is InChI=1S/C18H16Cl2N2/c1-22-18-7-5-13(12-3-6-16(19)17(20)9-12)14-4-2-11(10-21)8-15(14)18/h2-4,6,8-9,13,18,22H,5,7H2,1H3/t13-,18?/m0/s1. The van der Waals surface area contributed by atoms with Crippen molar-refractivity contribution in [2.45, 2.75) is 24.8 Å². The molecule has 0 aliphatic heterocycles. The minimum absolute atomic E-state index is 0.294. The van der Waals surface area contributed by atoms with Crippen molar-refractivity contribution in [3.8, 4) is 6.07 Å². The maximum atomic E-state index is 9.15. The average Bonchev–Trinajstić information content (AvgIpc) is 2.55. The zero-order valence-electron chi connectivity index (χ0n) is 12.2. The van der Waals surface area contributed by atoms with Crippen LogP contribution >= 0.6 is 23.2 Å². The number of nitriles is 1. The van der Waals surface area contributed by atoms with E-state index in [4.69, 9.17) is 28.5 Å². The molecular formula is C18H16Cl2N2. The van der Waals surface area contributed by atoms with Crippen molar-refractivity contribution < 1.29 is 0 Å². The van der Waals surface area contributed by atoms with Gasteiger partial charge in [0.25, 0.3) is 0 Å². The number of rotatable bonds is 2. The van der Waals surface area contributed by atoms with Crippen LogP contribution in [0, 0.1) is 11.3 Å². The van der Waals surface area contributed by atoms with Gasteiger partial charge in [0, 0.05) is 12.0 Å². The normalized spacial score (nSPS) is 20.3. The lowest BCUT2D eigenvalue weighted by atomic mass is 9.76. The Morgan fingerprint density at radius 1 is 1.05 bits per heavy atom. The van der Waals surface area contributed by atoms with Gasteiger partial charge in [-0.3, -0.25) is 0 Å². The van der Waals surface area contributed by atoms with E-state index in [1.807, 2.05) is 37.4 Å². The van der Waals surface area contributed by atoms with Gasteiger partial charge in [-0.15, -0.1) is 0 Å². The Kier molecular flexibility index (Phi) is 4.40. The molecule has 0 spiro atoms. The smallest absolute Gasteiger partial charge is 0.0991 e. The number of fused-ring (bicyclic) bond motifs is 1. The summed E-state index contributed by atoms with van der Waals surface area (Å²) in [5.74, 6) is 0.294. The van der Waals surface area contributed by atoms with Gasteiger partial charge in [-0.25, -0.2) is 0 Å². The minimum atomic E-state index is 0.294. The van der Waals surface area contributed by atoms with Crippen LogP contribution in [0.25, 0.3) is 0 Å².